The van der Waals surface area contributed by atoms with Gasteiger partial charge in [-0.25, -0.2) is 9.67 Å². The van der Waals surface area contributed by atoms with E-state index in [4.69, 9.17) is 4.74 Å². The third-order valence-corrected chi connectivity index (χ3v) is 3.76. The largest absolute Gasteiger partial charge is 0.375 e. The number of hydrogen-bond donors (Lipinski definition) is 1. The standard InChI is InChI=1S/C16H17N3OS/c21-12-15(11-20-10-13-5-2-1-3-6-13)19-16-14(9-18-19)7-4-8-17-16/h1-9,15,21H,10-12H2/t15-/m0/s1. The summed E-state index contributed by atoms with van der Waals surface area (Å²) in [5, 5.41) is 5.45. The Labute approximate surface area is 129 Å². The number of fused-ring (bicyclic) bond motifs is 1. The number of thiol groups is 1. The van der Waals surface area contributed by atoms with E-state index in [1.54, 1.807) is 6.20 Å². The van der Waals surface area contributed by atoms with E-state index >= 15 is 0 Å². The van der Waals surface area contributed by atoms with Crippen molar-refractivity contribution in [2.24, 2.45) is 0 Å². The summed E-state index contributed by atoms with van der Waals surface area (Å²) in [5.41, 5.74) is 2.04. The molecule has 2 aromatic heterocycles. The van der Waals surface area contributed by atoms with Gasteiger partial charge in [0.15, 0.2) is 5.65 Å². The monoisotopic (exact) mass is 299 g/mol. The van der Waals surface area contributed by atoms with E-state index < -0.39 is 0 Å². The highest BCUT2D eigenvalue weighted by molar-refractivity contribution is 7.80. The smallest absolute Gasteiger partial charge is 0.158 e. The molecule has 0 radical (unpaired) electrons. The van der Waals surface area contributed by atoms with Gasteiger partial charge in [0.2, 0.25) is 0 Å². The Morgan fingerprint density at radius 2 is 2.00 bits per heavy atom. The predicted molar refractivity (Wildman–Crippen MR) is 86.5 cm³/mol. The molecule has 0 bridgehead atoms. The summed E-state index contributed by atoms with van der Waals surface area (Å²) in [6.45, 7) is 1.16. The van der Waals surface area contributed by atoms with Crippen molar-refractivity contribution in [1.29, 1.82) is 0 Å². The second-order valence-electron chi connectivity index (χ2n) is 4.84. The van der Waals surface area contributed by atoms with E-state index in [9.17, 15) is 0 Å². The Hall–Kier alpha value is -1.85. The Morgan fingerprint density at radius 1 is 1.14 bits per heavy atom. The average molecular weight is 299 g/mol. The summed E-state index contributed by atoms with van der Waals surface area (Å²) in [5.74, 6) is 0.655. The summed E-state index contributed by atoms with van der Waals surface area (Å²) >= 11 is 4.42. The molecular formula is C16H17N3OS. The Kier molecular flexibility index (Phi) is 4.52. The first-order valence-electron chi connectivity index (χ1n) is 6.89. The normalized spacial score (nSPS) is 12.6. The van der Waals surface area contributed by atoms with Gasteiger partial charge in [-0.1, -0.05) is 30.3 Å². The van der Waals surface area contributed by atoms with Crippen LogP contribution >= 0.6 is 12.6 Å². The van der Waals surface area contributed by atoms with E-state index in [1.165, 1.54) is 5.56 Å². The van der Waals surface area contributed by atoms with E-state index in [1.807, 2.05) is 41.2 Å². The maximum Gasteiger partial charge on any atom is 0.158 e. The number of pyridine rings is 1. The van der Waals surface area contributed by atoms with Crippen LogP contribution in [0.4, 0.5) is 0 Å². The third kappa shape index (κ3) is 3.25. The van der Waals surface area contributed by atoms with E-state index in [2.05, 4.69) is 34.8 Å². The molecule has 0 saturated heterocycles. The van der Waals surface area contributed by atoms with Gasteiger partial charge in [0, 0.05) is 17.3 Å². The molecule has 3 rings (SSSR count). The summed E-state index contributed by atoms with van der Waals surface area (Å²) < 4.78 is 7.70. The summed E-state index contributed by atoms with van der Waals surface area (Å²) in [7, 11) is 0. The zero-order valence-electron chi connectivity index (χ0n) is 11.6. The number of aromatic nitrogens is 3. The van der Waals surface area contributed by atoms with Crippen molar-refractivity contribution in [3.05, 3.63) is 60.4 Å². The first-order valence-corrected chi connectivity index (χ1v) is 7.52. The molecule has 0 N–H and O–H groups in total. The summed E-state index contributed by atoms with van der Waals surface area (Å²) in [4.78, 5) is 4.39. The highest BCUT2D eigenvalue weighted by Gasteiger charge is 2.14. The maximum atomic E-state index is 5.81. The van der Waals surface area contributed by atoms with Crippen molar-refractivity contribution in [2.45, 2.75) is 12.6 Å². The molecule has 0 spiro atoms. The van der Waals surface area contributed by atoms with Crippen LogP contribution in [0, 0.1) is 0 Å². The highest BCUT2D eigenvalue weighted by atomic mass is 32.1. The zero-order valence-corrected chi connectivity index (χ0v) is 12.5. The average Bonchev–Trinajstić information content (AvgIpc) is 2.97. The lowest BCUT2D eigenvalue weighted by atomic mass is 10.2. The highest BCUT2D eigenvalue weighted by Crippen LogP contribution is 2.17. The lowest BCUT2D eigenvalue weighted by Gasteiger charge is -2.16. The van der Waals surface area contributed by atoms with Crippen LogP contribution in [-0.4, -0.2) is 27.1 Å². The second kappa shape index (κ2) is 6.74. The number of nitrogens with zero attached hydrogens (tertiary/aromatic N) is 3. The van der Waals surface area contributed by atoms with E-state index in [0.29, 0.717) is 19.0 Å². The minimum absolute atomic E-state index is 0.0736. The Morgan fingerprint density at radius 3 is 2.81 bits per heavy atom. The number of ether oxygens (including phenoxy) is 1. The van der Waals surface area contributed by atoms with Gasteiger partial charge in [-0.05, 0) is 17.7 Å². The van der Waals surface area contributed by atoms with Gasteiger partial charge < -0.3 is 4.74 Å². The summed E-state index contributed by atoms with van der Waals surface area (Å²) in [6, 6.07) is 14.1. The topological polar surface area (TPSA) is 39.9 Å². The van der Waals surface area contributed by atoms with Crippen LogP contribution in [0.1, 0.15) is 11.6 Å². The van der Waals surface area contributed by atoms with E-state index in [-0.39, 0.29) is 6.04 Å². The Balaban J connectivity index is 1.68. The van der Waals surface area contributed by atoms with Gasteiger partial charge in [-0.3, -0.25) is 0 Å². The first-order chi connectivity index (χ1) is 10.4. The molecule has 0 aliphatic rings. The molecule has 0 fully saturated rings. The number of benzene rings is 1. The van der Waals surface area contributed by atoms with Gasteiger partial charge in [0.05, 0.1) is 25.5 Å². The van der Waals surface area contributed by atoms with Crippen LogP contribution < -0.4 is 0 Å². The molecule has 1 atom stereocenters. The van der Waals surface area contributed by atoms with Crippen molar-refractivity contribution in [3.8, 4) is 0 Å². The molecule has 0 amide bonds. The molecule has 0 aliphatic heterocycles. The van der Waals surface area contributed by atoms with Crippen LogP contribution in [0.2, 0.25) is 0 Å². The lowest BCUT2D eigenvalue weighted by Crippen LogP contribution is -2.18. The van der Waals surface area contributed by atoms with Crippen LogP contribution in [0.3, 0.4) is 0 Å². The fourth-order valence-electron chi connectivity index (χ4n) is 2.24. The molecule has 0 unspecified atom stereocenters. The van der Waals surface area contributed by atoms with Gasteiger partial charge >= 0.3 is 0 Å². The molecule has 108 valence electrons. The van der Waals surface area contributed by atoms with Gasteiger partial charge in [-0.15, -0.1) is 0 Å². The molecular weight excluding hydrogens is 282 g/mol. The summed E-state index contributed by atoms with van der Waals surface area (Å²) in [6.07, 6.45) is 3.61. The molecule has 3 aromatic rings. The molecule has 4 nitrogen and oxygen atoms in total. The number of rotatable bonds is 6. The van der Waals surface area contributed by atoms with Crippen molar-refractivity contribution in [3.63, 3.8) is 0 Å². The maximum absolute atomic E-state index is 5.81. The number of hydrogen-bond acceptors (Lipinski definition) is 4. The first kappa shape index (κ1) is 14.1. The van der Waals surface area contributed by atoms with Gasteiger partial charge in [0.25, 0.3) is 0 Å². The zero-order chi connectivity index (χ0) is 14.5. The lowest BCUT2D eigenvalue weighted by molar-refractivity contribution is 0.0939. The SMILES string of the molecule is SC[C@H](COCc1ccccc1)n1ncc2cccnc21. The molecule has 0 aliphatic carbocycles. The van der Waals surface area contributed by atoms with Crippen molar-refractivity contribution in [2.75, 3.05) is 12.4 Å². The molecule has 0 saturated carbocycles. The molecule has 21 heavy (non-hydrogen) atoms. The van der Waals surface area contributed by atoms with Gasteiger partial charge in [-0.2, -0.15) is 17.7 Å². The Bertz CT molecular complexity index is 699. The molecule has 1 aromatic carbocycles. The molecule has 2 heterocycles. The minimum Gasteiger partial charge on any atom is -0.375 e. The molecule has 5 heteroatoms. The quantitative estimate of drug-likeness (QED) is 0.711. The third-order valence-electron chi connectivity index (χ3n) is 3.33. The van der Waals surface area contributed by atoms with Gasteiger partial charge in [0.1, 0.15) is 0 Å². The van der Waals surface area contributed by atoms with E-state index in [0.717, 1.165) is 11.0 Å². The van der Waals surface area contributed by atoms with Crippen LogP contribution in [0.15, 0.2) is 54.9 Å². The van der Waals surface area contributed by atoms with Crippen LogP contribution in [0.5, 0.6) is 0 Å². The fourth-order valence-corrected chi connectivity index (χ4v) is 2.50. The van der Waals surface area contributed by atoms with Crippen LogP contribution in [0.25, 0.3) is 11.0 Å². The predicted octanol–water partition coefficient (Wildman–Crippen LogP) is 3.12. The van der Waals surface area contributed by atoms with Crippen molar-refractivity contribution >= 4 is 23.7 Å². The minimum atomic E-state index is 0.0736. The fraction of sp³-hybridized carbons (Fsp3) is 0.250. The van der Waals surface area contributed by atoms with Crippen LogP contribution in [-0.2, 0) is 11.3 Å². The second-order valence-corrected chi connectivity index (χ2v) is 5.21. The van der Waals surface area contributed by atoms with Crippen molar-refractivity contribution < 1.29 is 4.74 Å². The van der Waals surface area contributed by atoms with Crippen molar-refractivity contribution in [1.82, 2.24) is 14.8 Å².